The molecule has 31 heavy (non-hydrogen) atoms. The van der Waals surface area contributed by atoms with Crippen molar-refractivity contribution < 1.29 is 14.6 Å². The molecule has 2 aromatic rings. The van der Waals surface area contributed by atoms with E-state index in [1.807, 2.05) is 26.0 Å². The van der Waals surface area contributed by atoms with Crippen LogP contribution in [0.3, 0.4) is 0 Å². The first-order chi connectivity index (χ1) is 14.9. The van der Waals surface area contributed by atoms with Crippen molar-refractivity contribution in [3.05, 3.63) is 64.2 Å². The Hall–Kier alpha value is -2.29. The minimum atomic E-state index is -0.126. The molecular formula is C28H40O3. The molecule has 0 amide bonds. The van der Waals surface area contributed by atoms with Crippen LogP contribution in [0.5, 0.6) is 5.75 Å². The van der Waals surface area contributed by atoms with Crippen LogP contribution >= 0.6 is 0 Å². The predicted molar refractivity (Wildman–Crippen MR) is 129 cm³/mol. The molecule has 0 aromatic heterocycles. The van der Waals surface area contributed by atoms with E-state index >= 15 is 0 Å². The van der Waals surface area contributed by atoms with Gasteiger partial charge >= 0.3 is 5.97 Å². The zero-order chi connectivity index (χ0) is 22.6. The molecule has 0 fully saturated rings. The molecule has 0 aliphatic carbocycles. The fourth-order valence-electron chi connectivity index (χ4n) is 3.96. The number of esters is 1. The molecule has 0 heterocycles. The number of phenols is 1. The Morgan fingerprint density at radius 3 is 2.00 bits per heavy atom. The Morgan fingerprint density at radius 1 is 0.839 bits per heavy atom. The molecule has 170 valence electrons. The fourth-order valence-corrected chi connectivity index (χ4v) is 3.96. The highest BCUT2D eigenvalue weighted by molar-refractivity contribution is 5.70. The lowest BCUT2D eigenvalue weighted by Crippen LogP contribution is -2.19. The lowest BCUT2D eigenvalue weighted by atomic mass is 10.0. The molecule has 2 aromatic carbocycles. The zero-order valence-electron chi connectivity index (χ0n) is 19.9. The second kappa shape index (κ2) is 13.2. The molecular weight excluding hydrogens is 384 g/mol. The standard InChI is InChI=1S/C28H40O3/c1-5-7-9-23-11-13-24(14-12-23)15-17-26(10-8-6-2)31-27(29)18-16-25-19-21(3)28(30)22(4)20-25/h11-14,19-20,26,30H,5-10,15-18H2,1-4H3. The highest BCUT2D eigenvalue weighted by Gasteiger charge is 2.15. The van der Waals surface area contributed by atoms with Crippen LogP contribution in [0.2, 0.25) is 0 Å². The maximum Gasteiger partial charge on any atom is 0.306 e. The van der Waals surface area contributed by atoms with Gasteiger partial charge in [0.1, 0.15) is 11.9 Å². The van der Waals surface area contributed by atoms with Crippen LogP contribution < -0.4 is 0 Å². The summed E-state index contributed by atoms with van der Waals surface area (Å²) in [6.07, 6.45) is 9.51. The molecule has 0 aliphatic heterocycles. The maximum atomic E-state index is 12.5. The summed E-state index contributed by atoms with van der Waals surface area (Å²) in [6, 6.07) is 12.8. The second-order valence-corrected chi connectivity index (χ2v) is 8.79. The van der Waals surface area contributed by atoms with Gasteiger partial charge < -0.3 is 9.84 Å². The zero-order valence-corrected chi connectivity index (χ0v) is 19.9. The number of benzene rings is 2. The normalized spacial score (nSPS) is 12.0. The van der Waals surface area contributed by atoms with Gasteiger partial charge in [-0.2, -0.15) is 0 Å². The summed E-state index contributed by atoms with van der Waals surface area (Å²) >= 11 is 0. The van der Waals surface area contributed by atoms with Gasteiger partial charge in [0.2, 0.25) is 0 Å². The van der Waals surface area contributed by atoms with Crippen molar-refractivity contribution in [1.82, 2.24) is 0 Å². The van der Waals surface area contributed by atoms with E-state index in [-0.39, 0.29) is 12.1 Å². The average Bonchev–Trinajstić information content (AvgIpc) is 2.77. The Morgan fingerprint density at radius 2 is 1.42 bits per heavy atom. The van der Waals surface area contributed by atoms with Crippen molar-refractivity contribution >= 4 is 5.97 Å². The Labute approximate surface area is 188 Å². The molecule has 0 aliphatic rings. The third-order valence-electron chi connectivity index (χ3n) is 5.94. The first-order valence-corrected chi connectivity index (χ1v) is 12.0. The summed E-state index contributed by atoms with van der Waals surface area (Å²) in [5.74, 6) is 0.212. The molecule has 3 heteroatoms. The molecule has 3 nitrogen and oxygen atoms in total. The van der Waals surface area contributed by atoms with Gasteiger partial charge in [-0.1, -0.05) is 69.5 Å². The largest absolute Gasteiger partial charge is 0.507 e. The number of carbonyl (C=O) groups is 1. The Kier molecular flexibility index (Phi) is 10.6. The van der Waals surface area contributed by atoms with E-state index in [1.165, 1.54) is 24.0 Å². The van der Waals surface area contributed by atoms with Gasteiger partial charge in [-0.15, -0.1) is 0 Å². The van der Waals surface area contributed by atoms with E-state index in [0.29, 0.717) is 18.6 Å². The number of carbonyl (C=O) groups excluding carboxylic acids is 1. The molecule has 1 unspecified atom stereocenters. The SMILES string of the molecule is CCCCc1ccc(CCC(CCCC)OC(=O)CCc2cc(C)c(O)c(C)c2)cc1. The summed E-state index contributed by atoms with van der Waals surface area (Å²) < 4.78 is 5.87. The Bertz CT molecular complexity index is 785. The molecule has 1 atom stereocenters. The molecule has 0 radical (unpaired) electrons. The van der Waals surface area contributed by atoms with E-state index in [9.17, 15) is 9.90 Å². The van der Waals surface area contributed by atoms with E-state index in [4.69, 9.17) is 4.74 Å². The minimum Gasteiger partial charge on any atom is -0.507 e. The van der Waals surface area contributed by atoms with E-state index in [0.717, 1.165) is 55.2 Å². The van der Waals surface area contributed by atoms with Crippen molar-refractivity contribution in [1.29, 1.82) is 0 Å². The molecule has 1 N–H and O–H groups in total. The number of ether oxygens (including phenoxy) is 1. The van der Waals surface area contributed by atoms with Crippen LogP contribution in [0.1, 0.15) is 86.6 Å². The lowest BCUT2D eigenvalue weighted by Gasteiger charge is -2.18. The summed E-state index contributed by atoms with van der Waals surface area (Å²) in [6.45, 7) is 8.17. The molecule has 0 saturated carbocycles. The minimum absolute atomic E-state index is 0.0180. The summed E-state index contributed by atoms with van der Waals surface area (Å²) in [4.78, 5) is 12.5. The second-order valence-electron chi connectivity index (χ2n) is 8.79. The van der Waals surface area contributed by atoms with Crippen LogP contribution in [0.25, 0.3) is 0 Å². The van der Waals surface area contributed by atoms with E-state index < -0.39 is 0 Å². The van der Waals surface area contributed by atoms with Gasteiger partial charge in [0.05, 0.1) is 0 Å². The first-order valence-electron chi connectivity index (χ1n) is 12.0. The maximum absolute atomic E-state index is 12.5. The first kappa shape index (κ1) is 25.0. The van der Waals surface area contributed by atoms with Gasteiger partial charge in [-0.05, 0) is 80.2 Å². The van der Waals surface area contributed by atoms with Crippen LogP contribution in [0, 0.1) is 13.8 Å². The van der Waals surface area contributed by atoms with Crippen LogP contribution in [-0.4, -0.2) is 17.2 Å². The van der Waals surface area contributed by atoms with Crippen molar-refractivity contribution in [3.8, 4) is 5.75 Å². The summed E-state index contributed by atoms with van der Waals surface area (Å²) in [7, 11) is 0. The average molecular weight is 425 g/mol. The van der Waals surface area contributed by atoms with Crippen molar-refractivity contribution in [3.63, 3.8) is 0 Å². The fraction of sp³-hybridized carbons (Fsp3) is 0.536. The molecule has 0 bridgehead atoms. The summed E-state index contributed by atoms with van der Waals surface area (Å²) in [5, 5.41) is 9.92. The van der Waals surface area contributed by atoms with Gasteiger partial charge in [-0.25, -0.2) is 0 Å². The highest BCUT2D eigenvalue weighted by atomic mass is 16.5. The summed E-state index contributed by atoms with van der Waals surface area (Å²) in [5.41, 5.74) is 5.49. The van der Waals surface area contributed by atoms with Crippen molar-refractivity contribution in [2.24, 2.45) is 0 Å². The number of aromatic hydroxyl groups is 1. The number of rotatable bonds is 13. The van der Waals surface area contributed by atoms with Crippen LogP contribution in [-0.2, 0) is 28.8 Å². The predicted octanol–water partition coefficient (Wildman–Crippen LogP) is 7.02. The highest BCUT2D eigenvalue weighted by Crippen LogP contribution is 2.24. The topological polar surface area (TPSA) is 46.5 Å². The third kappa shape index (κ3) is 8.77. The Balaban J connectivity index is 1.86. The van der Waals surface area contributed by atoms with Crippen molar-refractivity contribution in [2.45, 2.75) is 98.0 Å². The number of hydrogen-bond acceptors (Lipinski definition) is 3. The van der Waals surface area contributed by atoms with Crippen LogP contribution in [0.4, 0.5) is 0 Å². The van der Waals surface area contributed by atoms with Crippen molar-refractivity contribution in [2.75, 3.05) is 0 Å². The van der Waals surface area contributed by atoms with Gasteiger partial charge in [0.25, 0.3) is 0 Å². The third-order valence-corrected chi connectivity index (χ3v) is 5.94. The van der Waals surface area contributed by atoms with Crippen LogP contribution in [0.15, 0.2) is 36.4 Å². The number of hydrogen-bond donors (Lipinski definition) is 1. The quantitative estimate of drug-likeness (QED) is 0.351. The number of unbranched alkanes of at least 4 members (excludes halogenated alkanes) is 2. The lowest BCUT2D eigenvalue weighted by molar-refractivity contribution is -0.149. The smallest absolute Gasteiger partial charge is 0.306 e. The van der Waals surface area contributed by atoms with Gasteiger partial charge in [-0.3, -0.25) is 4.79 Å². The van der Waals surface area contributed by atoms with E-state index in [1.54, 1.807) is 0 Å². The molecule has 2 rings (SSSR count). The monoisotopic (exact) mass is 424 g/mol. The number of aryl methyl sites for hydroxylation is 5. The molecule has 0 saturated heterocycles. The van der Waals surface area contributed by atoms with Gasteiger partial charge in [0.15, 0.2) is 0 Å². The molecule has 0 spiro atoms. The number of phenolic OH excluding ortho intramolecular Hbond substituents is 1. The van der Waals surface area contributed by atoms with E-state index in [2.05, 4.69) is 38.1 Å². The van der Waals surface area contributed by atoms with Gasteiger partial charge in [0, 0.05) is 6.42 Å².